The molecule has 1 aliphatic heterocycles. The van der Waals surface area contributed by atoms with Crippen molar-refractivity contribution in [1.82, 2.24) is 4.31 Å². The van der Waals surface area contributed by atoms with Crippen molar-refractivity contribution >= 4 is 27.6 Å². The molecule has 2 aliphatic rings. The van der Waals surface area contributed by atoms with Crippen LogP contribution in [0.25, 0.3) is 0 Å². The summed E-state index contributed by atoms with van der Waals surface area (Å²) in [6.07, 6.45) is -2.92. The lowest BCUT2D eigenvalue weighted by atomic mass is 9.81. The van der Waals surface area contributed by atoms with Gasteiger partial charge in [0.05, 0.1) is 16.0 Å². The number of sulfonamides is 1. The van der Waals surface area contributed by atoms with E-state index in [1.165, 1.54) is 0 Å². The van der Waals surface area contributed by atoms with Crippen LogP contribution in [0.1, 0.15) is 24.8 Å². The molecule has 138 valence electrons. The summed E-state index contributed by atoms with van der Waals surface area (Å²) >= 11 is 5.79. The molecule has 0 bridgehead atoms. The van der Waals surface area contributed by atoms with Gasteiger partial charge in [-0.3, -0.25) is 4.79 Å². The van der Waals surface area contributed by atoms with E-state index in [9.17, 15) is 31.5 Å². The molecule has 10 heteroatoms. The lowest BCUT2D eigenvalue weighted by Crippen LogP contribution is -2.37. The molecule has 3 rings (SSSR count). The van der Waals surface area contributed by atoms with Gasteiger partial charge in [-0.2, -0.15) is 17.5 Å². The summed E-state index contributed by atoms with van der Waals surface area (Å²) in [4.78, 5) is 11.2. The third-order valence-corrected chi connectivity index (χ3v) is 7.44. The van der Waals surface area contributed by atoms with Gasteiger partial charge in [-0.05, 0) is 37.0 Å². The molecule has 1 aromatic carbocycles. The van der Waals surface area contributed by atoms with Crippen molar-refractivity contribution in [1.29, 1.82) is 0 Å². The van der Waals surface area contributed by atoms with Crippen LogP contribution in [0.3, 0.4) is 0 Å². The van der Waals surface area contributed by atoms with Gasteiger partial charge < -0.3 is 5.11 Å². The molecular formula is C15H15ClF3NO4S. The first-order valence-electron chi connectivity index (χ1n) is 7.59. The number of aliphatic carboxylic acids is 1. The summed E-state index contributed by atoms with van der Waals surface area (Å²) in [5.74, 6) is -1.33. The second kappa shape index (κ2) is 5.85. The maximum Gasteiger partial charge on any atom is 0.416 e. The van der Waals surface area contributed by atoms with Crippen LogP contribution >= 0.6 is 11.6 Å². The molecule has 25 heavy (non-hydrogen) atoms. The number of carboxylic acid groups (broad SMARTS) is 1. The Morgan fingerprint density at radius 3 is 2.56 bits per heavy atom. The average molecular weight is 398 g/mol. The molecule has 1 aromatic rings. The van der Waals surface area contributed by atoms with Gasteiger partial charge in [0.15, 0.2) is 0 Å². The first kappa shape index (κ1) is 18.5. The highest BCUT2D eigenvalue weighted by Gasteiger charge is 2.57. The Hall–Kier alpha value is -1.32. The van der Waals surface area contributed by atoms with E-state index in [2.05, 4.69) is 0 Å². The fourth-order valence-electron chi connectivity index (χ4n) is 3.80. The number of hydrogen-bond acceptors (Lipinski definition) is 3. The third kappa shape index (κ3) is 2.92. The first-order valence-corrected chi connectivity index (χ1v) is 9.40. The van der Waals surface area contributed by atoms with E-state index < -0.39 is 43.1 Å². The normalized spacial score (nSPS) is 27.4. The van der Waals surface area contributed by atoms with Gasteiger partial charge in [-0.25, -0.2) is 8.42 Å². The number of carbonyl (C=O) groups is 1. The monoisotopic (exact) mass is 397 g/mol. The summed E-state index contributed by atoms with van der Waals surface area (Å²) in [6.45, 7) is -0.154. The molecule has 1 saturated heterocycles. The van der Waals surface area contributed by atoms with E-state index in [0.717, 1.165) is 10.4 Å². The van der Waals surface area contributed by atoms with Gasteiger partial charge in [0.25, 0.3) is 0 Å². The average Bonchev–Trinajstić information content (AvgIpc) is 3.03. The van der Waals surface area contributed by atoms with E-state index in [1.54, 1.807) is 0 Å². The Balaban J connectivity index is 1.95. The Morgan fingerprint density at radius 1 is 1.36 bits per heavy atom. The van der Waals surface area contributed by atoms with Crippen molar-refractivity contribution in [2.45, 2.75) is 30.3 Å². The number of fused-ring (bicyclic) bond motifs is 1. The topological polar surface area (TPSA) is 74.7 Å². The molecule has 0 unspecified atom stereocenters. The summed E-state index contributed by atoms with van der Waals surface area (Å²) in [6, 6.07) is 2.04. The SMILES string of the molecule is O=C(O)[C@@]12CCC[C@H]1CN(S(=O)(=O)c1ccc(C(F)(F)F)cc1Cl)C2. The first-order chi connectivity index (χ1) is 11.5. The van der Waals surface area contributed by atoms with Gasteiger partial charge in [0.2, 0.25) is 10.0 Å². The zero-order chi connectivity index (χ0) is 18.6. The number of hydrogen-bond donors (Lipinski definition) is 1. The van der Waals surface area contributed by atoms with E-state index in [1.807, 2.05) is 0 Å². The molecule has 0 spiro atoms. The minimum Gasteiger partial charge on any atom is -0.481 e. The maximum absolute atomic E-state index is 12.8. The second-order valence-corrected chi connectivity index (χ2v) is 8.80. The molecule has 0 aromatic heterocycles. The Bertz CT molecular complexity index is 827. The number of nitrogens with zero attached hydrogens (tertiary/aromatic N) is 1. The Kier molecular flexibility index (Phi) is 4.32. The molecule has 0 radical (unpaired) electrons. The van der Waals surface area contributed by atoms with E-state index in [-0.39, 0.29) is 19.0 Å². The van der Waals surface area contributed by atoms with Crippen LogP contribution in [0.15, 0.2) is 23.1 Å². The van der Waals surface area contributed by atoms with Crippen LogP contribution in [-0.2, 0) is 21.0 Å². The zero-order valence-corrected chi connectivity index (χ0v) is 14.5. The zero-order valence-electron chi connectivity index (χ0n) is 12.9. The fourth-order valence-corrected chi connectivity index (χ4v) is 5.87. The highest BCUT2D eigenvalue weighted by Crippen LogP contribution is 2.50. The van der Waals surface area contributed by atoms with Gasteiger partial charge in [0, 0.05) is 13.1 Å². The molecule has 1 aliphatic carbocycles. The fraction of sp³-hybridized carbons (Fsp3) is 0.533. The summed E-state index contributed by atoms with van der Waals surface area (Å²) in [5, 5.41) is 9.00. The minimum absolute atomic E-state index is 0.0337. The summed E-state index contributed by atoms with van der Waals surface area (Å²) in [5.41, 5.74) is -2.16. The smallest absolute Gasteiger partial charge is 0.416 e. The Morgan fingerprint density at radius 2 is 2.04 bits per heavy atom. The molecular weight excluding hydrogens is 383 g/mol. The minimum atomic E-state index is -4.63. The lowest BCUT2D eigenvalue weighted by molar-refractivity contribution is -0.149. The molecule has 0 amide bonds. The van der Waals surface area contributed by atoms with Crippen LogP contribution < -0.4 is 0 Å². The van der Waals surface area contributed by atoms with Crippen LogP contribution in [-0.4, -0.2) is 36.9 Å². The van der Waals surface area contributed by atoms with Gasteiger partial charge in [0.1, 0.15) is 4.90 Å². The molecule has 1 heterocycles. The molecule has 1 saturated carbocycles. The molecule has 2 fully saturated rings. The van der Waals surface area contributed by atoms with Crippen molar-refractivity contribution in [2.24, 2.45) is 11.3 Å². The number of rotatable bonds is 3. The van der Waals surface area contributed by atoms with Crippen molar-refractivity contribution in [3.8, 4) is 0 Å². The summed E-state index contributed by atoms with van der Waals surface area (Å²) in [7, 11) is -4.17. The van der Waals surface area contributed by atoms with Gasteiger partial charge >= 0.3 is 12.1 Å². The number of carboxylic acids is 1. The predicted octanol–water partition coefficient (Wildman–Crippen LogP) is 3.23. The standard InChI is InChI=1S/C15H15ClF3NO4S/c16-11-6-9(15(17,18)19)3-4-12(11)25(23,24)20-7-10-2-1-5-14(10,8-20)13(21)22/h3-4,6,10H,1-2,5,7-8H2,(H,21,22)/t10-,14+/m0/s1. The van der Waals surface area contributed by atoms with Crippen LogP contribution in [0.4, 0.5) is 13.2 Å². The maximum atomic E-state index is 12.8. The quantitative estimate of drug-likeness (QED) is 0.849. The van der Waals surface area contributed by atoms with E-state index in [0.29, 0.717) is 31.4 Å². The van der Waals surface area contributed by atoms with Crippen molar-refractivity contribution in [3.05, 3.63) is 28.8 Å². The molecule has 1 N–H and O–H groups in total. The molecule has 2 atom stereocenters. The number of halogens is 4. The number of benzene rings is 1. The lowest BCUT2D eigenvalue weighted by Gasteiger charge is -2.23. The summed E-state index contributed by atoms with van der Waals surface area (Å²) < 4.78 is 64.7. The van der Waals surface area contributed by atoms with E-state index in [4.69, 9.17) is 11.6 Å². The van der Waals surface area contributed by atoms with Crippen LogP contribution in [0.5, 0.6) is 0 Å². The largest absolute Gasteiger partial charge is 0.481 e. The van der Waals surface area contributed by atoms with Gasteiger partial charge in [-0.15, -0.1) is 0 Å². The van der Waals surface area contributed by atoms with Gasteiger partial charge in [-0.1, -0.05) is 18.0 Å². The Labute approximate surface area is 147 Å². The van der Waals surface area contributed by atoms with Crippen LogP contribution in [0.2, 0.25) is 5.02 Å². The highest BCUT2D eigenvalue weighted by atomic mass is 35.5. The number of alkyl halides is 3. The second-order valence-electron chi connectivity index (χ2n) is 6.49. The molecule has 5 nitrogen and oxygen atoms in total. The van der Waals surface area contributed by atoms with Crippen molar-refractivity contribution in [3.63, 3.8) is 0 Å². The third-order valence-electron chi connectivity index (χ3n) is 5.14. The predicted molar refractivity (Wildman–Crippen MR) is 82.6 cm³/mol. The van der Waals surface area contributed by atoms with Crippen molar-refractivity contribution < 1.29 is 31.5 Å². The highest BCUT2D eigenvalue weighted by molar-refractivity contribution is 7.89. The van der Waals surface area contributed by atoms with E-state index >= 15 is 0 Å². The van der Waals surface area contributed by atoms with Crippen molar-refractivity contribution in [2.75, 3.05) is 13.1 Å². The van der Waals surface area contributed by atoms with Crippen LogP contribution in [0, 0.1) is 11.3 Å².